The molecule has 0 aliphatic carbocycles. The fourth-order valence-corrected chi connectivity index (χ4v) is 2.65. The zero-order valence-electron chi connectivity index (χ0n) is 13.1. The lowest BCUT2D eigenvalue weighted by Crippen LogP contribution is -2.33. The summed E-state index contributed by atoms with van der Waals surface area (Å²) in [5.41, 5.74) is 0.612. The molecule has 2 aromatic heterocycles. The van der Waals surface area contributed by atoms with Gasteiger partial charge < -0.3 is 10.2 Å². The fourth-order valence-electron chi connectivity index (χ4n) is 2.65. The van der Waals surface area contributed by atoms with Crippen molar-refractivity contribution in [3.63, 3.8) is 0 Å². The number of carbonyl (C=O) groups excluding carboxylic acids is 2. The van der Waals surface area contributed by atoms with Crippen molar-refractivity contribution in [2.24, 2.45) is 5.92 Å². The van der Waals surface area contributed by atoms with Gasteiger partial charge in [-0.3, -0.25) is 9.59 Å². The van der Waals surface area contributed by atoms with E-state index in [1.165, 1.54) is 0 Å². The van der Waals surface area contributed by atoms with Crippen molar-refractivity contribution < 1.29 is 9.59 Å². The lowest BCUT2D eigenvalue weighted by molar-refractivity contribution is -0.129. The van der Waals surface area contributed by atoms with Crippen LogP contribution in [0.4, 0.5) is 5.69 Å². The number of hydrogen-bond donors (Lipinski definition) is 1. The predicted octanol–water partition coefficient (Wildman–Crippen LogP) is 1.46. The molecule has 0 saturated carbocycles. The second-order valence-electron chi connectivity index (χ2n) is 5.89. The Labute approximate surface area is 134 Å². The Hall–Kier alpha value is -2.70. The smallest absolute Gasteiger partial charge is 0.229 e. The molecule has 0 aromatic carbocycles. The van der Waals surface area contributed by atoms with Crippen LogP contribution in [-0.4, -0.2) is 44.1 Å². The minimum absolute atomic E-state index is 0.0345. The molecule has 1 N–H and O–H groups in total. The molecule has 3 heterocycles. The molecule has 120 valence electrons. The Kier molecular flexibility index (Phi) is 4.10. The average molecular weight is 313 g/mol. The highest BCUT2D eigenvalue weighted by Crippen LogP contribution is 2.21. The molecule has 23 heavy (non-hydrogen) atoms. The summed E-state index contributed by atoms with van der Waals surface area (Å²) in [4.78, 5) is 30.2. The van der Waals surface area contributed by atoms with Crippen molar-refractivity contribution in [1.82, 2.24) is 19.7 Å². The first-order chi connectivity index (χ1) is 11.0. The van der Waals surface area contributed by atoms with E-state index in [-0.39, 0.29) is 30.2 Å². The summed E-state index contributed by atoms with van der Waals surface area (Å²) >= 11 is 0. The maximum Gasteiger partial charge on any atom is 0.229 e. The Morgan fingerprint density at radius 1 is 1.39 bits per heavy atom. The van der Waals surface area contributed by atoms with E-state index >= 15 is 0 Å². The van der Waals surface area contributed by atoms with E-state index in [1.807, 2.05) is 19.9 Å². The van der Waals surface area contributed by atoms with Crippen LogP contribution in [0.5, 0.6) is 0 Å². The van der Waals surface area contributed by atoms with Crippen molar-refractivity contribution in [2.45, 2.75) is 26.3 Å². The molecule has 7 nitrogen and oxygen atoms in total. The quantitative estimate of drug-likeness (QED) is 0.927. The molecule has 1 saturated heterocycles. The van der Waals surface area contributed by atoms with Gasteiger partial charge in [0.25, 0.3) is 0 Å². The van der Waals surface area contributed by atoms with Crippen LogP contribution in [0.2, 0.25) is 0 Å². The number of hydrogen-bond acceptors (Lipinski definition) is 4. The van der Waals surface area contributed by atoms with Gasteiger partial charge in [0, 0.05) is 31.4 Å². The molecule has 0 spiro atoms. The Bertz CT molecular complexity index is 694. The summed E-state index contributed by atoms with van der Waals surface area (Å²) in [6.07, 6.45) is 5.33. The maximum atomic E-state index is 12.3. The molecule has 1 atom stereocenters. The predicted molar refractivity (Wildman–Crippen MR) is 84.9 cm³/mol. The first-order valence-electron chi connectivity index (χ1n) is 7.61. The van der Waals surface area contributed by atoms with E-state index in [4.69, 9.17) is 0 Å². The minimum atomic E-state index is -0.310. The number of nitrogens with one attached hydrogen (secondary N) is 1. The first kappa shape index (κ1) is 15.2. The first-order valence-corrected chi connectivity index (χ1v) is 7.61. The van der Waals surface area contributed by atoms with Crippen LogP contribution < -0.4 is 5.32 Å². The highest BCUT2D eigenvalue weighted by Gasteiger charge is 2.35. The van der Waals surface area contributed by atoms with Crippen LogP contribution in [0.3, 0.4) is 0 Å². The number of rotatable bonds is 4. The van der Waals surface area contributed by atoms with E-state index in [2.05, 4.69) is 15.4 Å². The van der Waals surface area contributed by atoms with Gasteiger partial charge >= 0.3 is 0 Å². The maximum absolute atomic E-state index is 12.3. The standard InChI is InChI=1S/C16H19N5O2/c1-11(2)20-10-12(8-15(20)22)16(23)19-13-4-5-14(17-9-13)21-7-3-6-18-21/h3-7,9,11-12H,8,10H2,1-2H3,(H,19,23)/t12-/m0/s1. The van der Waals surface area contributed by atoms with Crippen LogP contribution in [0.15, 0.2) is 36.8 Å². The van der Waals surface area contributed by atoms with E-state index in [0.29, 0.717) is 18.1 Å². The number of carbonyl (C=O) groups is 2. The van der Waals surface area contributed by atoms with Gasteiger partial charge in [-0.2, -0.15) is 5.10 Å². The molecule has 1 aliphatic heterocycles. The monoisotopic (exact) mass is 313 g/mol. The number of anilines is 1. The van der Waals surface area contributed by atoms with Crippen LogP contribution in [0, 0.1) is 5.92 Å². The number of likely N-dealkylation sites (tertiary alicyclic amines) is 1. The van der Waals surface area contributed by atoms with E-state index in [0.717, 1.165) is 0 Å². The van der Waals surface area contributed by atoms with Gasteiger partial charge in [-0.25, -0.2) is 9.67 Å². The molecular weight excluding hydrogens is 294 g/mol. The van der Waals surface area contributed by atoms with Gasteiger partial charge in [-0.15, -0.1) is 0 Å². The lowest BCUT2D eigenvalue weighted by Gasteiger charge is -2.20. The second kappa shape index (κ2) is 6.20. The van der Waals surface area contributed by atoms with Crippen molar-refractivity contribution in [3.05, 3.63) is 36.8 Å². The lowest BCUT2D eigenvalue weighted by atomic mass is 10.1. The molecule has 1 fully saturated rings. The SMILES string of the molecule is CC(C)N1C[C@@H](C(=O)Nc2ccc(-n3cccn3)nc2)CC1=O. The summed E-state index contributed by atoms with van der Waals surface area (Å²) in [5.74, 6) is 0.258. The number of amides is 2. The summed E-state index contributed by atoms with van der Waals surface area (Å²) in [7, 11) is 0. The van der Waals surface area contributed by atoms with E-state index < -0.39 is 0 Å². The fraction of sp³-hybridized carbons (Fsp3) is 0.375. The van der Waals surface area contributed by atoms with Crippen molar-refractivity contribution in [2.75, 3.05) is 11.9 Å². The highest BCUT2D eigenvalue weighted by molar-refractivity contribution is 5.97. The number of aromatic nitrogens is 3. The van der Waals surface area contributed by atoms with Gasteiger partial charge in [0.15, 0.2) is 5.82 Å². The second-order valence-corrected chi connectivity index (χ2v) is 5.89. The molecular formula is C16H19N5O2. The molecule has 7 heteroatoms. The van der Waals surface area contributed by atoms with Crippen molar-refractivity contribution in [3.8, 4) is 5.82 Å². The molecule has 2 amide bonds. The number of pyridine rings is 1. The van der Waals surface area contributed by atoms with Crippen molar-refractivity contribution >= 4 is 17.5 Å². The minimum Gasteiger partial charge on any atom is -0.339 e. The van der Waals surface area contributed by atoms with Crippen molar-refractivity contribution in [1.29, 1.82) is 0 Å². The largest absolute Gasteiger partial charge is 0.339 e. The van der Waals surface area contributed by atoms with Crippen LogP contribution in [0.25, 0.3) is 5.82 Å². The third kappa shape index (κ3) is 3.23. The third-order valence-corrected chi connectivity index (χ3v) is 3.91. The highest BCUT2D eigenvalue weighted by atomic mass is 16.2. The summed E-state index contributed by atoms with van der Waals surface area (Å²) in [6, 6.07) is 5.49. The normalized spacial score (nSPS) is 17.8. The molecule has 0 unspecified atom stereocenters. The molecule has 0 bridgehead atoms. The van der Waals surface area contributed by atoms with Gasteiger partial charge in [-0.05, 0) is 32.0 Å². The molecule has 0 radical (unpaired) electrons. The van der Waals surface area contributed by atoms with Gasteiger partial charge in [0.05, 0.1) is 17.8 Å². The Balaban J connectivity index is 1.63. The van der Waals surface area contributed by atoms with Crippen LogP contribution in [0.1, 0.15) is 20.3 Å². The molecule has 1 aliphatic rings. The third-order valence-electron chi connectivity index (χ3n) is 3.91. The summed E-state index contributed by atoms with van der Waals surface area (Å²) in [6.45, 7) is 4.38. The number of nitrogens with zero attached hydrogens (tertiary/aromatic N) is 4. The van der Waals surface area contributed by atoms with Gasteiger partial charge in [-0.1, -0.05) is 0 Å². The topological polar surface area (TPSA) is 80.1 Å². The Morgan fingerprint density at radius 2 is 2.22 bits per heavy atom. The average Bonchev–Trinajstić information content (AvgIpc) is 3.17. The zero-order valence-corrected chi connectivity index (χ0v) is 13.1. The van der Waals surface area contributed by atoms with E-state index in [9.17, 15) is 9.59 Å². The van der Waals surface area contributed by atoms with Crippen LogP contribution in [-0.2, 0) is 9.59 Å². The van der Waals surface area contributed by atoms with E-state index in [1.54, 1.807) is 40.3 Å². The summed E-state index contributed by atoms with van der Waals surface area (Å²) < 4.78 is 1.64. The molecule has 3 rings (SSSR count). The molecule has 2 aromatic rings. The Morgan fingerprint density at radius 3 is 2.78 bits per heavy atom. The van der Waals surface area contributed by atoms with Gasteiger partial charge in [0.2, 0.25) is 11.8 Å². The zero-order chi connectivity index (χ0) is 16.4. The summed E-state index contributed by atoms with van der Waals surface area (Å²) in [5, 5.41) is 6.92. The van der Waals surface area contributed by atoms with Gasteiger partial charge in [0.1, 0.15) is 0 Å². The van der Waals surface area contributed by atoms with Crippen LogP contribution >= 0.6 is 0 Å².